The van der Waals surface area contributed by atoms with E-state index in [1.807, 2.05) is 66.7 Å². The molecule has 0 bridgehead atoms. The number of nitrogens with zero attached hydrogens (tertiary/aromatic N) is 6. The van der Waals surface area contributed by atoms with Crippen LogP contribution in [0.5, 0.6) is 0 Å². The summed E-state index contributed by atoms with van der Waals surface area (Å²) in [6.45, 7) is 0. The number of benzene rings is 7. The second kappa shape index (κ2) is 13.0. The van der Waals surface area contributed by atoms with Gasteiger partial charge in [-0.05, 0) is 42.5 Å². The van der Waals surface area contributed by atoms with E-state index in [4.69, 9.17) is 19.9 Å². The SMILES string of the molecule is c1ccc(-c2cccc(-c3ccccc3-n3c4ccccc4c4c5c6ccccc6n(-c6nc(-c7ccccc7)nc(-c7ccccc7)n6)c5ccc43)n2)cc1. The fourth-order valence-corrected chi connectivity index (χ4v) is 8.13. The summed E-state index contributed by atoms with van der Waals surface area (Å²) in [6.07, 6.45) is 0. The van der Waals surface area contributed by atoms with Gasteiger partial charge in [0, 0.05) is 43.8 Å². The predicted molar refractivity (Wildman–Crippen MR) is 228 cm³/mol. The molecule has 0 saturated heterocycles. The summed E-state index contributed by atoms with van der Waals surface area (Å²) in [4.78, 5) is 20.5. The fourth-order valence-electron chi connectivity index (χ4n) is 8.13. The highest BCUT2D eigenvalue weighted by Crippen LogP contribution is 2.43. The molecule has 6 nitrogen and oxygen atoms in total. The topological polar surface area (TPSA) is 61.4 Å². The van der Waals surface area contributed by atoms with Crippen molar-refractivity contribution in [1.82, 2.24) is 29.1 Å². The van der Waals surface area contributed by atoms with Gasteiger partial charge >= 0.3 is 0 Å². The Morgan fingerprint density at radius 2 is 0.786 bits per heavy atom. The zero-order valence-electron chi connectivity index (χ0n) is 30.2. The molecule has 0 aliphatic heterocycles. The molecule has 0 amide bonds. The van der Waals surface area contributed by atoms with E-state index in [0.29, 0.717) is 17.6 Å². The van der Waals surface area contributed by atoms with Crippen molar-refractivity contribution in [1.29, 1.82) is 0 Å². The lowest BCUT2D eigenvalue weighted by atomic mass is 10.1. The van der Waals surface area contributed by atoms with Crippen molar-refractivity contribution in [3.63, 3.8) is 0 Å². The molecule has 56 heavy (non-hydrogen) atoms. The first-order valence-electron chi connectivity index (χ1n) is 18.7. The molecule has 262 valence electrons. The lowest BCUT2D eigenvalue weighted by Crippen LogP contribution is -2.06. The molecule has 0 atom stereocenters. The molecule has 0 aliphatic carbocycles. The average molecular weight is 717 g/mol. The molecule has 0 unspecified atom stereocenters. The Kier molecular flexibility index (Phi) is 7.38. The van der Waals surface area contributed by atoms with Crippen molar-refractivity contribution in [2.75, 3.05) is 0 Å². The summed E-state index contributed by atoms with van der Waals surface area (Å²) >= 11 is 0. The maximum atomic E-state index is 5.19. The van der Waals surface area contributed by atoms with Crippen molar-refractivity contribution in [3.05, 3.63) is 194 Å². The minimum absolute atomic E-state index is 0.571. The molecule has 0 spiro atoms. The second-order valence-corrected chi connectivity index (χ2v) is 13.9. The summed E-state index contributed by atoms with van der Waals surface area (Å²) in [7, 11) is 0. The average Bonchev–Trinajstić information content (AvgIpc) is 3.80. The van der Waals surface area contributed by atoms with Crippen LogP contribution in [0.2, 0.25) is 0 Å². The molecule has 7 aromatic carbocycles. The minimum atomic E-state index is 0.571. The van der Waals surface area contributed by atoms with E-state index in [0.717, 1.165) is 72.2 Å². The molecule has 4 aromatic heterocycles. The number of pyridine rings is 1. The Morgan fingerprint density at radius 1 is 0.304 bits per heavy atom. The maximum absolute atomic E-state index is 5.19. The third kappa shape index (κ3) is 5.11. The van der Waals surface area contributed by atoms with Crippen LogP contribution >= 0.6 is 0 Å². The van der Waals surface area contributed by atoms with E-state index < -0.39 is 0 Å². The number of hydrogen-bond donors (Lipinski definition) is 0. The molecular weight excluding hydrogens is 685 g/mol. The third-order valence-corrected chi connectivity index (χ3v) is 10.6. The Labute approximate surface area is 322 Å². The van der Waals surface area contributed by atoms with Gasteiger partial charge in [0.1, 0.15) is 0 Å². The van der Waals surface area contributed by atoms with Gasteiger partial charge in [0.05, 0.1) is 39.1 Å². The van der Waals surface area contributed by atoms with Gasteiger partial charge in [-0.3, -0.25) is 4.57 Å². The number of aromatic nitrogens is 6. The van der Waals surface area contributed by atoms with Crippen LogP contribution in [0.4, 0.5) is 0 Å². The number of hydrogen-bond acceptors (Lipinski definition) is 4. The van der Waals surface area contributed by atoms with E-state index in [9.17, 15) is 0 Å². The van der Waals surface area contributed by atoms with Crippen LogP contribution in [-0.4, -0.2) is 29.1 Å². The highest BCUT2D eigenvalue weighted by atomic mass is 15.2. The number of rotatable bonds is 6. The molecule has 0 saturated carbocycles. The molecule has 4 heterocycles. The zero-order valence-corrected chi connectivity index (χ0v) is 30.2. The van der Waals surface area contributed by atoms with Gasteiger partial charge in [0.25, 0.3) is 0 Å². The van der Waals surface area contributed by atoms with Gasteiger partial charge in [-0.2, -0.15) is 9.97 Å². The Balaban J connectivity index is 1.19. The van der Waals surface area contributed by atoms with E-state index >= 15 is 0 Å². The highest BCUT2D eigenvalue weighted by molar-refractivity contribution is 6.29. The number of para-hydroxylation sites is 3. The van der Waals surface area contributed by atoms with Gasteiger partial charge in [0.2, 0.25) is 5.95 Å². The van der Waals surface area contributed by atoms with Crippen LogP contribution in [0.25, 0.3) is 101 Å². The summed E-state index contributed by atoms with van der Waals surface area (Å²) in [5.41, 5.74) is 11.2. The number of fused-ring (bicyclic) bond motifs is 7. The van der Waals surface area contributed by atoms with Gasteiger partial charge in [-0.15, -0.1) is 0 Å². The van der Waals surface area contributed by atoms with Crippen molar-refractivity contribution in [2.24, 2.45) is 0 Å². The molecule has 6 heteroatoms. The van der Waals surface area contributed by atoms with Crippen LogP contribution in [0.3, 0.4) is 0 Å². The van der Waals surface area contributed by atoms with E-state index in [2.05, 4.69) is 137 Å². The minimum Gasteiger partial charge on any atom is -0.309 e. The Bertz CT molecular complexity index is 3180. The van der Waals surface area contributed by atoms with Crippen molar-refractivity contribution >= 4 is 43.6 Å². The standard InChI is InChI=1S/C50H32N6/c1-4-17-33(18-5-1)39-26-16-27-40(51-39)36-23-10-13-28-41(36)55-42-29-14-11-24-37(42)46-44(55)31-32-45-47(46)38-25-12-15-30-43(38)56(45)50-53-48(34-19-6-2-7-20-34)52-49(54-50)35-21-8-3-9-22-35/h1-32H. The summed E-state index contributed by atoms with van der Waals surface area (Å²) < 4.78 is 4.59. The first kappa shape index (κ1) is 31.8. The van der Waals surface area contributed by atoms with Crippen molar-refractivity contribution < 1.29 is 0 Å². The summed E-state index contributed by atoms with van der Waals surface area (Å²) in [5.74, 6) is 1.82. The zero-order chi connectivity index (χ0) is 37.0. The lowest BCUT2D eigenvalue weighted by molar-refractivity contribution is 0.953. The monoisotopic (exact) mass is 716 g/mol. The normalized spacial score (nSPS) is 11.6. The predicted octanol–water partition coefficient (Wildman–Crippen LogP) is 12.1. The highest BCUT2D eigenvalue weighted by Gasteiger charge is 2.23. The first-order chi connectivity index (χ1) is 27.8. The van der Waals surface area contributed by atoms with Crippen LogP contribution in [0, 0.1) is 0 Å². The summed E-state index contributed by atoms with van der Waals surface area (Å²) in [6, 6.07) is 67.2. The van der Waals surface area contributed by atoms with E-state index in [1.165, 1.54) is 10.8 Å². The smallest absolute Gasteiger partial charge is 0.238 e. The molecule has 0 fully saturated rings. The molecule has 11 aromatic rings. The van der Waals surface area contributed by atoms with Crippen LogP contribution in [0.1, 0.15) is 0 Å². The van der Waals surface area contributed by atoms with Crippen molar-refractivity contribution in [2.45, 2.75) is 0 Å². The van der Waals surface area contributed by atoms with Crippen LogP contribution in [-0.2, 0) is 0 Å². The quantitative estimate of drug-likeness (QED) is 0.172. The van der Waals surface area contributed by atoms with Crippen LogP contribution < -0.4 is 0 Å². The van der Waals surface area contributed by atoms with Gasteiger partial charge < -0.3 is 4.57 Å². The van der Waals surface area contributed by atoms with Gasteiger partial charge in [-0.25, -0.2) is 9.97 Å². The first-order valence-corrected chi connectivity index (χ1v) is 18.7. The van der Waals surface area contributed by atoms with E-state index in [-0.39, 0.29) is 0 Å². The molecule has 11 rings (SSSR count). The van der Waals surface area contributed by atoms with Crippen molar-refractivity contribution in [3.8, 4) is 56.9 Å². The Hall–Kier alpha value is -7.70. The van der Waals surface area contributed by atoms with Gasteiger partial charge in [0.15, 0.2) is 11.6 Å². The second-order valence-electron chi connectivity index (χ2n) is 13.9. The third-order valence-electron chi connectivity index (χ3n) is 10.6. The molecule has 0 radical (unpaired) electrons. The van der Waals surface area contributed by atoms with Crippen LogP contribution in [0.15, 0.2) is 194 Å². The van der Waals surface area contributed by atoms with Gasteiger partial charge in [-0.1, -0.05) is 152 Å². The van der Waals surface area contributed by atoms with E-state index in [1.54, 1.807) is 0 Å². The summed E-state index contributed by atoms with van der Waals surface area (Å²) in [5, 5.41) is 4.62. The Morgan fingerprint density at radius 3 is 1.41 bits per heavy atom. The molecule has 0 N–H and O–H groups in total. The fraction of sp³-hybridized carbons (Fsp3) is 0. The lowest BCUT2D eigenvalue weighted by Gasteiger charge is -2.14. The maximum Gasteiger partial charge on any atom is 0.238 e. The molecular formula is C50H32N6. The largest absolute Gasteiger partial charge is 0.309 e. The molecule has 0 aliphatic rings.